The summed E-state index contributed by atoms with van der Waals surface area (Å²) in [5.41, 5.74) is 1.54. The standard InChI is InChI=1S/C19H31NO2S/c1-15(17-5-7-18(8-6-17)23(4)21)20-14-19(2,3)13-16-9-11-22-12-10-16/h5-8,15-16,20H,9-14H2,1-4H3/t15-,23+/m0/s1. The Balaban J connectivity index is 1.84. The van der Waals surface area contributed by atoms with Crippen LogP contribution >= 0.6 is 0 Å². The van der Waals surface area contributed by atoms with Crippen LogP contribution in [-0.4, -0.2) is 30.2 Å². The van der Waals surface area contributed by atoms with Gasteiger partial charge < -0.3 is 10.1 Å². The van der Waals surface area contributed by atoms with Crippen LogP contribution in [0.2, 0.25) is 0 Å². The molecule has 0 unspecified atom stereocenters. The summed E-state index contributed by atoms with van der Waals surface area (Å²) in [5, 5.41) is 3.67. The summed E-state index contributed by atoms with van der Waals surface area (Å²) in [7, 11) is -0.903. The Morgan fingerprint density at radius 1 is 1.26 bits per heavy atom. The molecule has 1 heterocycles. The highest BCUT2D eigenvalue weighted by Gasteiger charge is 2.25. The van der Waals surface area contributed by atoms with Crippen molar-refractivity contribution in [3.05, 3.63) is 29.8 Å². The Morgan fingerprint density at radius 2 is 1.87 bits per heavy atom. The zero-order valence-electron chi connectivity index (χ0n) is 14.9. The van der Waals surface area contributed by atoms with Crippen LogP contribution in [0, 0.1) is 11.3 Å². The van der Waals surface area contributed by atoms with Gasteiger partial charge in [-0.3, -0.25) is 4.21 Å². The highest BCUT2D eigenvalue weighted by Crippen LogP contribution is 2.31. The van der Waals surface area contributed by atoms with Crippen molar-refractivity contribution in [1.82, 2.24) is 5.32 Å². The smallest absolute Gasteiger partial charge is 0.0498 e. The molecule has 3 nitrogen and oxygen atoms in total. The van der Waals surface area contributed by atoms with Crippen LogP contribution in [0.4, 0.5) is 0 Å². The first-order chi connectivity index (χ1) is 10.9. The third-order valence-electron chi connectivity index (χ3n) is 4.78. The first-order valence-corrected chi connectivity index (χ1v) is 10.2. The minimum atomic E-state index is -0.903. The lowest BCUT2D eigenvalue weighted by atomic mass is 9.79. The third-order valence-corrected chi connectivity index (χ3v) is 5.72. The molecule has 2 atom stereocenters. The van der Waals surface area contributed by atoms with E-state index in [0.29, 0.717) is 11.5 Å². The molecule has 0 saturated carbocycles. The zero-order chi connectivity index (χ0) is 16.9. The Kier molecular flexibility index (Phi) is 6.81. The summed E-state index contributed by atoms with van der Waals surface area (Å²) in [5.74, 6) is 0.801. The fourth-order valence-electron chi connectivity index (χ4n) is 3.30. The summed E-state index contributed by atoms with van der Waals surface area (Å²) >= 11 is 0. The lowest BCUT2D eigenvalue weighted by molar-refractivity contribution is 0.0509. The van der Waals surface area contributed by atoms with Gasteiger partial charge in [0, 0.05) is 47.8 Å². The van der Waals surface area contributed by atoms with Crippen molar-refractivity contribution in [2.45, 2.75) is 51.0 Å². The maximum atomic E-state index is 11.5. The molecule has 0 radical (unpaired) electrons. The second kappa shape index (κ2) is 8.41. The van der Waals surface area contributed by atoms with Crippen molar-refractivity contribution in [3.63, 3.8) is 0 Å². The topological polar surface area (TPSA) is 38.3 Å². The van der Waals surface area contributed by atoms with E-state index in [4.69, 9.17) is 4.74 Å². The zero-order valence-corrected chi connectivity index (χ0v) is 15.7. The van der Waals surface area contributed by atoms with Crippen molar-refractivity contribution in [3.8, 4) is 0 Å². The van der Waals surface area contributed by atoms with Crippen molar-refractivity contribution < 1.29 is 8.95 Å². The monoisotopic (exact) mass is 337 g/mol. The highest BCUT2D eigenvalue weighted by molar-refractivity contribution is 7.84. The van der Waals surface area contributed by atoms with Gasteiger partial charge in [-0.15, -0.1) is 0 Å². The van der Waals surface area contributed by atoms with Crippen LogP contribution in [0.1, 0.15) is 51.6 Å². The molecule has 1 aliphatic rings. The lowest BCUT2D eigenvalue weighted by Crippen LogP contribution is -2.34. The summed E-state index contributed by atoms with van der Waals surface area (Å²) in [6.45, 7) is 9.76. The molecule has 0 spiro atoms. The van der Waals surface area contributed by atoms with Gasteiger partial charge in [-0.1, -0.05) is 26.0 Å². The number of ether oxygens (including phenoxy) is 1. The Labute approximate surface area is 143 Å². The molecule has 130 valence electrons. The summed E-state index contributed by atoms with van der Waals surface area (Å²) in [6.07, 6.45) is 5.38. The van der Waals surface area contributed by atoms with Gasteiger partial charge in [0.2, 0.25) is 0 Å². The molecule has 4 heteroatoms. The van der Waals surface area contributed by atoms with E-state index in [9.17, 15) is 4.21 Å². The van der Waals surface area contributed by atoms with Crippen LogP contribution in [0.3, 0.4) is 0 Å². The van der Waals surface area contributed by atoms with Gasteiger partial charge in [0.05, 0.1) is 0 Å². The number of rotatable bonds is 7. The molecular formula is C19H31NO2S. The molecule has 0 bridgehead atoms. The minimum absolute atomic E-state index is 0.293. The maximum absolute atomic E-state index is 11.5. The molecule has 0 aromatic heterocycles. The largest absolute Gasteiger partial charge is 0.381 e. The predicted molar refractivity (Wildman–Crippen MR) is 97.1 cm³/mol. The Hall–Kier alpha value is -0.710. The van der Waals surface area contributed by atoms with E-state index in [1.165, 1.54) is 24.8 Å². The molecule has 23 heavy (non-hydrogen) atoms. The second-order valence-corrected chi connectivity index (χ2v) is 8.93. The fraction of sp³-hybridized carbons (Fsp3) is 0.684. The van der Waals surface area contributed by atoms with E-state index in [-0.39, 0.29) is 0 Å². The maximum Gasteiger partial charge on any atom is 0.0498 e. The molecule has 1 saturated heterocycles. The highest BCUT2D eigenvalue weighted by atomic mass is 32.2. The number of hydrogen-bond donors (Lipinski definition) is 1. The Bertz CT molecular complexity index is 507. The van der Waals surface area contributed by atoms with Crippen LogP contribution in [-0.2, 0) is 15.5 Å². The van der Waals surface area contributed by atoms with Crippen molar-refractivity contribution in [2.24, 2.45) is 11.3 Å². The van der Waals surface area contributed by atoms with Crippen molar-refractivity contribution in [1.29, 1.82) is 0 Å². The van der Waals surface area contributed by atoms with E-state index >= 15 is 0 Å². The molecule has 1 aliphatic heterocycles. The van der Waals surface area contributed by atoms with E-state index in [0.717, 1.165) is 30.6 Å². The van der Waals surface area contributed by atoms with Gasteiger partial charge in [0.1, 0.15) is 0 Å². The van der Waals surface area contributed by atoms with Crippen LogP contribution in [0.25, 0.3) is 0 Å². The molecule has 0 aliphatic carbocycles. The fourth-order valence-corrected chi connectivity index (χ4v) is 3.82. The van der Waals surface area contributed by atoms with E-state index in [1.807, 2.05) is 12.1 Å². The molecule has 2 rings (SSSR count). The van der Waals surface area contributed by atoms with E-state index in [2.05, 4.69) is 38.2 Å². The van der Waals surface area contributed by atoms with Crippen LogP contribution in [0.5, 0.6) is 0 Å². The Morgan fingerprint density at radius 3 is 2.43 bits per heavy atom. The average molecular weight is 338 g/mol. The van der Waals surface area contributed by atoms with Crippen LogP contribution in [0.15, 0.2) is 29.2 Å². The lowest BCUT2D eigenvalue weighted by Gasteiger charge is -2.33. The van der Waals surface area contributed by atoms with E-state index in [1.54, 1.807) is 6.26 Å². The second-order valence-electron chi connectivity index (χ2n) is 7.55. The van der Waals surface area contributed by atoms with E-state index < -0.39 is 10.8 Å². The van der Waals surface area contributed by atoms with Crippen molar-refractivity contribution in [2.75, 3.05) is 26.0 Å². The molecule has 0 amide bonds. The van der Waals surface area contributed by atoms with Gasteiger partial charge in [-0.25, -0.2) is 0 Å². The van der Waals surface area contributed by atoms with Crippen LogP contribution < -0.4 is 5.32 Å². The molecule has 1 aromatic carbocycles. The predicted octanol–water partition coefficient (Wildman–Crippen LogP) is 3.92. The molecular weight excluding hydrogens is 306 g/mol. The van der Waals surface area contributed by atoms with Gasteiger partial charge in [0.15, 0.2) is 0 Å². The minimum Gasteiger partial charge on any atom is -0.381 e. The normalized spacial score (nSPS) is 19.5. The summed E-state index contributed by atoms with van der Waals surface area (Å²) in [6, 6.07) is 8.41. The van der Waals surface area contributed by atoms with Gasteiger partial charge in [-0.05, 0) is 55.2 Å². The van der Waals surface area contributed by atoms with Gasteiger partial charge >= 0.3 is 0 Å². The van der Waals surface area contributed by atoms with Crippen molar-refractivity contribution >= 4 is 10.8 Å². The first-order valence-electron chi connectivity index (χ1n) is 8.62. The van der Waals surface area contributed by atoms with Gasteiger partial charge in [0.25, 0.3) is 0 Å². The third kappa shape index (κ3) is 6.02. The summed E-state index contributed by atoms with van der Waals surface area (Å²) in [4.78, 5) is 0.890. The molecule has 1 aromatic rings. The first kappa shape index (κ1) is 18.6. The number of nitrogens with one attached hydrogen (secondary N) is 1. The molecule has 1 N–H and O–H groups in total. The number of benzene rings is 1. The quantitative estimate of drug-likeness (QED) is 0.819. The van der Waals surface area contributed by atoms with Gasteiger partial charge in [-0.2, -0.15) is 0 Å². The molecule has 1 fully saturated rings. The average Bonchev–Trinajstić information content (AvgIpc) is 2.53. The SMILES string of the molecule is C[C@H](NCC(C)(C)CC1CCOCC1)c1ccc([S@@](C)=O)cc1. The number of hydrogen-bond acceptors (Lipinski definition) is 3. The summed E-state index contributed by atoms with van der Waals surface area (Å²) < 4.78 is 16.9.